The fraction of sp³-hybridized carbons (Fsp3) is 0.867. The Labute approximate surface area is 145 Å². The summed E-state index contributed by atoms with van der Waals surface area (Å²) < 4.78 is 4.61. The molecule has 1 fully saturated rings. The summed E-state index contributed by atoms with van der Waals surface area (Å²) in [6.07, 6.45) is 9.99. The number of hydrogen-bond acceptors (Lipinski definition) is 3. The standard InChI is InChI=1S/C15H29N3O2.HI/c1-16-15(18-13-9-5-3-6-10-13)17-12-8-4-7-11-14(19)20-2;/h13H,3-12H2,1-2H3,(H2,16,17,18);1H. The predicted molar refractivity (Wildman–Crippen MR) is 97.3 cm³/mol. The third-order valence-corrected chi connectivity index (χ3v) is 3.75. The lowest BCUT2D eigenvalue weighted by Gasteiger charge is -2.24. The van der Waals surface area contributed by atoms with E-state index in [4.69, 9.17) is 0 Å². The van der Waals surface area contributed by atoms with Crippen molar-refractivity contribution in [2.75, 3.05) is 20.7 Å². The molecule has 0 heterocycles. The van der Waals surface area contributed by atoms with Crippen LogP contribution < -0.4 is 10.6 Å². The SMILES string of the molecule is CN=C(NCCCCCC(=O)OC)NC1CCCCC1.I. The number of carbonyl (C=O) groups is 1. The largest absolute Gasteiger partial charge is 0.469 e. The maximum absolute atomic E-state index is 11.0. The van der Waals surface area contributed by atoms with Crippen molar-refractivity contribution < 1.29 is 9.53 Å². The zero-order valence-corrected chi connectivity index (χ0v) is 15.7. The van der Waals surface area contributed by atoms with Gasteiger partial charge in [0, 0.05) is 26.1 Å². The van der Waals surface area contributed by atoms with Crippen molar-refractivity contribution in [1.82, 2.24) is 10.6 Å². The molecular formula is C15H30IN3O2. The average Bonchev–Trinajstić information content (AvgIpc) is 2.50. The van der Waals surface area contributed by atoms with E-state index in [2.05, 4.69) is 20.4 Å². The minimum absolute atomic E-state index is 0. The summed E-state index contributed by atoms with van der Waals surface area (Å²) in [4.78, 5) is 15.2. The van der Waals surface area contributed by atoms with Gasteiger partial charge in [-0.1, -0.05) is 25.7 Å². The van der Waals surface area contributed by atoms with E-state index in [1.165, 1.54) is 39.2 Å². The summed E-state index contributed by atoms with van der Waals surface area (Å²) in [7, 11) is 3.25. The maximum Gasteiger partial charge on any atom is 0.305 e. The fourth-order valence-corrected chi connectivity index (χ4v) is 2.51. The topological polar surface area (TPSA) is 62.7 Å². The molecule has 0 radical (unpaired) electrons. The highest BCUT2D eigenvalue weighted by Crippen LogP contribution is 2.17. The number of esters is 1. The Hall–Kier alpha value is -0.530. The predicted octanol–water partition coefficient (Wildman–Crippen LogP) is 2.84. The molecule has 0 bridgehead atoms. The lowest BCUT2D eigenvalue weighted by molar-refractivity contribution is -0.140. The summed E-state index contributed by atoms with van der Waals surface area (Å²) in [6, 6.07) is 0.578. The van der Waals surface area contributed by atoms with Crippen molar-refractivity contribution in [2.45, 2.75) is 63.8 Å². The fourth-order valence-electron chi connectivity index (χ4n) is 2.51. The van der Waals surface area contributed by atoms with Gasteiger partial charge < -0.3 is 15.4 Å². The smallest absolute Gasteiger partial charge is 0.305 e. The summed E-state index contributed by atoms with van der Waals surface area (Å²) in [5.41, 5.74) is 0. The molecule has 2 N–H and O–H groups in total. The van der Waals surface area contributed by atoms with Gasteiger partial charge in [0.15, 0.2) is 5.96 Å². The zero-order chi connectivity index (χ0) is 14.6. The number of carbonyl (C=O) groups excluding carboxylic acids is 1. The number of aliphatic imine (C=N–C) groups is 1. The third-order valence-electron chi connectivity index (χ3n) is 3.75. The van der Waals surface area contributed by atoms with Crippen LogP contribution >= 0.6 is 24.0 Å². The van der Waals surface area contributed by atoms with Crippen molar-refractivity contribution in [3.8, 4) is 0 Å². The molecule has 0 aromatic carbocycles. The van der Waals surface area contributed by atoms with E-state index in [1.807, 2.05) is 7.05 Å². The van der Waals surface area contributed by atoms with Crippen LogP contribution in [0.5, 0.6) is 0 Å². The number of ether oxygens (including phenoxy) is 1. The Balaban J connectivity index is 0.00000400. The second-order valence-electron chi connectivity index (χ2n) is 5.37. The molecular weight excluding hydrogens is 381 g/mol. The third kappa shape index (κ3) is 9.92. The normalized spacial score (nSPS) is 16.0. The number of methoxy groups -OCH3 is 1. The summed E-state index contributed by atoms with van der Waals surface area (Å²) >= 11 is 0. The monoisotopic (exact) mass is 411 g/mol. The molecule has 5 nitrogen and oxygen atoms in total. The van der Waals surface area contributed by atoms with E-state index in [0.717, 1.165) is 31.8 Å². The first-order chi connectivity index (χ1) is 9.76. The van der Waals surface area contributed by atoms with Crippen LogP contribution in [0.2, 0.25) is 0 Å². The highest BCUT2D eigenvalue weighted by Gasteiger charge is 2.13. The van der Waals surface area contributed by atoms with Gasteiger partial charge in [0.25, 0.3) is 0 Å². The molecule has 124 valence electrons. The lowest BCUT2D eigenvalue weighted by atomic mass is 9.96. The van der Waals surface area contributed by atoms with Gasteiger partial charge in [-0.15, -0.1) is 24.0 Å². The molecule has 21 heavy (non-hydrogen) atoms. The Kier molecular flexibility index (Phi) is 12.8. The van der Waals surface area contributed by atoms with Crippen LogP contribution in [-0.2, 0) is 9.53 Å². The van der Waals surface area contributed by atoms with Crippen molar-refractivity contribution >= 4 is 35.9 Å². The van der Waals surface area contributed by atoms with Gasteiger partial charge in [0.05, 0.1) is 7.11 Å². The van der Waals surface area contributed by atoms with Crippen molar-refractivity contribution in [3.63, 3.8) is 0 Å². The molecule has 1 aliphatic rings. The summed E-state index contributed by atoms with van der Waals surface area (Å²) in [6.45, 7) is 0.896. The van der Waals surface area contributed by atoms with Gasteiger partial charge in [-0.05, 0) is 25.7 Å². The molecule has 1 rings (SSSR count). The molecule has 0 aromatic heterocycles. The van der Waals surface area contributed by atoms with Gasteiger partial charge >= 0.3 is 5.97 Å². The van der Waals surface area contributed by atoms with E-state index in [-0.39, 0.29) is 29.9 Å². The van der Waals surface area contributed by atoms with Gasteiger partial charge in [-0.2, -0.15) is 0 Å². The van der Waals surface area contributed by atoms with Gasteiger partial charge in [0.2, 0.25) is 0 Å². The Bertz CT molecular complexity index is 305. The van der Waals surface area contributed by atoms with E-state index >= 15 is 0 Å². The number of rotatable bonds is 7. The highest BCUT2D eigenvalue weighted by atomic mass is 127. The first-order valence-corrected chi connectivity index (χ1v) is 7.80. The Morgan fingerprint density at radius 2 is 1.90 bits per heavy atom. The first kappa shape index (κ1) is 20.5. The van der Waals surface area contributed by atoms with Crippen LogP contribution in [0.25, 0.3) is 0 Å². The summed E-state index contributed by atoms with van der Waals surface area (Å²) in [5, 5.41) is 6.83. The number of guanidine groups is 1. The van der Waals surface area contributed by atoms with E-state index < -0.39 is 0 Å². The van der Waals surface area contributed by atoms with E-state index in [9.17, 15) is 4.79 Å². The molecule has 1 aliphatic carbocycles. The van der Waals surface area contributed by atoms with Gasteiger partial charge in [-0.3, -0.25) is 9.79 Å². The number of nitrogens with one attached hydrogen (secondary N) is 2. The molecule has 0 aliphatic heterocycles. The highest BCUT2D eigenvalue weighted by molar-refractivity contribution is 14.0. The minimum atomic E-state index is -0.118. The quantitative estimate of drug-likeness (QED) is 0.222. The Morgan fingerprint density at radius 3 is 2.52 bits per heavy atom. The summed E-state index contributed by atoms with van der Waals surface area (Å²) in [5.74, 6) is 0.789. The van der Waals surface area contributed by atoms with Gasteiger partial charge in [0.1, 0.15) is 0 Å². The maximum atomic E-state index is 11.0. The second kappa shape index (κ2) is 13.2. The van der Waals surface area contributed by atoms with Crippen LogP contribution in [0.15, 0.2) is 4.99 Å². The number of halogens is 1. The van der Waals surface area contributed by atoms with Crippen molar-refractivity contribution in [2.24, 2.45) is 4.99 Å². The van der Waals surface area contributed by atoms with Crippen LogP contribution in [-0.4, -0.2) is 38.7 Å². The molecule has 0 spiro atoms. The van der Waals surface area contributed by atoms with E-state index in [0.29, 0.717) is 12.5 Å². The van der Waals surface area contributed by atoms with Crippen LogP contribution in [0.1, 0.15) is 57.8 Å². The van der Waals surface area contributed by atoms with Gasteiger partial charge in [-0.25, -0.2) is 0 Å². The molecule has 0 atom stereocenters. The van der Waals surface area contributed by atoms with E-state index in [1.54, 1.807) is 0 Å². The second-order valence-corrected chi connectivity index (χ2v) is 5.37. The van der Waals surface area contributed by atoms with Crippen molar-refractivity contribution in [3.05, 3.63) is 0 Å². The van der Waals surface area contributed by atoms with Crippen LogP contribution in [0.3, 0.4) is 0 Å². The molecule has 6 heteroatoms. The number of hydrogen-bond donors (Lipinski definition) is 2. The average molecular weight is 411 g/mol. The van der Waals surface area contributed by atoms with Crippen molar-refractivity contribution in [1.29, 1.82) is 0 Å². The molecule has 0 saturated heterocycles. The van der Waals surface area contributed by atoms with Crippen LogP contribution in [0, 0.1) is 0 Å². The molecule has 0 unspecified atom stereocenters. The van der Waals surface area contributed by atoms with Crippen LogP contribution in [0.4, 0.5) is 0 Å². The molecule has 0 amide bonds. The number of unbranched alkanes of at least 4 members (excludes halogenated alkanes) is 2. The number of nitrogens with zero attached hydrogens (tertiary/aromatic N) is 1. The molecule has 1 saturated carbocycles. The minimum Gasteiger partial charge on any atom is -0.469 e. The Morgan fingerprint density at radius 1 is 1.19 bits per heavy atom. The first-order valence-electron chi connectivity index (χ1n) is 7.80. The lowest BCUT2D eigenvalue weighted by Crippen LogP contribution is -2.44. The zero-order valence-electron chi connectivity index (χ0n) is 13.3. The molecule has 0 aromatic rings.